The van der Waals surface area contributed by atoms with Crippen LogP contribution in [0.5, 0.6) is 0 Å². The Labute approximate surface area is 231 Å². The van der Waals surface area contributed by atoms with Gasteiger partial charge < -0.3 is 14.1 Å². The van der Waals surface area contributed by atoms with E-state index in [9.17, 15) is 4.79 Å². The molecule has 6 rings (SSSR count). The number of methoxy groups -OCH3 is 1. The Morgan fingerprint density at radius 1 is 1.08 bits per heavy atom. The van der Waals surface area contributed by atoms with E-state index in [0.717, 1.165) is 47.8 Å². The van der Waals surface area contributed by atoms with E-state index in [1.54, 1.807) is 7.11 Å². The third-order valence-corrected chi connectivity index (χ3v) is 7.92. The standard InChI is InChI=1S/C29H31ClN6O3/c1-17-11-13-18(14-12-17)16-36-23-22(20-9-6-10-21(30)15-20)31-26(27-34-29(37)39-35-27)32-25(23)33-28(36)24(38-2)19-7-4-3-5-8-19/h3-10,15,17-18,24,27,35H,11-14,16H2,1-2H3,(H,34,37). The number of nitrogens with one attached hydrogen (secondary N) is 2. The second-order valence-electron chi connectivity index (χ2n) is 10.4. The van der Waals surface area contributed by atoms with Crippen LogP contribution in [0.25, 0.3) is 22.4 Å². The summed E-state index contributed by atoms with van der Waals surface area (Å²) in [6.45, 7) is 3.11. The number of halogens is 1. The van der Waals surface area contributed by atoms with Gasteiger partial charge in [-0.2, -0.15) is 0 Å². The van der Waals surface area contributed by atoms with E-state index in [1.165, 1.54) is 12.8 Å². The average Bonchev–Trinajstić information content (AvgIpc) is 3.54. The smallest absolute Gasteiger partial charge is 0.369 e. The van der Waals surface area contributed by atoms with Gasteiger partial charge >= 0.3 is 6.09 Å². The summed E-state index contributed by atoms with van der Waals surface area (Å²) in [6, 6.07) is 17.7. The van der Waals surface area contributed by atoms with Gasteiger partial charge in [0.25, 0.3) is 0 Å². The van der Waals surface area contributed by atoms with Gasteiger partial charge in [0.2, 0.25) is 0 Å². The van der Waals surface area contributed by atoms with Gasteiger partial charge in [0.1, 0.15) is 23.1 Å². The Hall–Kier alpha value is -3.53. The predicted molar refractivity (Wildman–Crippen MR) is 148 cm³/mol. The molecule has 2 aromatic carbocycles. The van der Waals surface area contributed by atoms with E-state index in [0.29, 0.717) is 28.1 Å². The Balaban J connectivity index is 1.57. The maximum absolute atomic E-state index is 11.8. The first-order valence-corrected chi connectivity index (χ1v) is 13.7. The molecule has 1 saturated heterocycles. The van der Waals surface area contributed by atoms with Crippen molar-refractivity contribution in [2.24, 2.45) is 11.8 Å². The van der Waals surface area contributed by atoms with Gasteiger partial charge in [-0.3, -0.25) is 5.32 Å². The first-order valence-electron chi connectivity index (χ1n) is 13.3. The van der Waals surface area contributed by atoms with Crippen molar-refractivity contribution in [3.8, 4) is 11.3 Å². The third-order valence-electron chi connectivity index (χ3n) is 7.69. The summed E-state index contributed by atoms with van der Waals surface area (Å²) in [7, 11) is 1.70. The lowest BCUT2D eigenvalue weighted by molar-refractivity contribution is 0.120. The number of carbonyl (C=O) groups is 1. The topological polar surface area (TPSA) is 103 Å². The molecule has 2 N–H and O–H groups in total. The Bertz CT molecular complexity index is 1490. The molecular weight excluding hydrogens is 516 g/mol. The fraction of sp³-hybridized carbons (Fsp3) is 0.379. The summed E-state index contributed by atoms with van der Waals surface area (Å²) >= 11 is 6.42. The summed E-state index contributed by atoms with van der Waals surface area (Å²) in [6.07, 6.45) is 3.05. The second kappa shape index (κ2) is 10.9. The van der Waals surface area contributed by atoms with Gasteiger partial charge in [-0.05, 0) is 42.4 Å². The molecule has 2 atom stereocenters. The van der Waals surface area contributed by atoms with Crippen LogP contribution in [0.2, 0.25) is 5.02 Å². The Kier molecular flexibility index (Phi) is 7.20. The highest BCUT2D eigenvalue weighted by Gasteiger charge is 2.31. The molecule has 2 aromatic heterocycles. The Morgan fingerprint density at radius 2 is 1.87 bits per heavy atom. The van der Waals surface area contributed by atoms with Gasteiger partial charge in [0.15, 0.2) is 17.6 Å². The van der Waals surface area contributed by atoms with Crippen LogP contribution in [0, 0.1) is 11.8 Å². The number of benzene rings is 2. The average molecular weight is 547 g/mol. The van der Waals surface area contributed by atoms with Crippen LogP contribution in [-0.2, 0) is 16.1 Å². The molecule has 1 aliphatic carbocycles. The van der Waals surface area contributed by atoms with Crippen molar-refractivity contribution >= 4 is 28.9 Å². The first-order chi connectivity index (χ1) is 19.0. The van der Waals surface area contributed by atoms with Crippen LogP contribution in [0.3, 0.4) is 0 Å². The molecule has 1 amide bonds. The minimum atomic E-state index is -0.708. The van der Waals surface area contributed by atoms with Gasteiger partial charge in [0.05, 0.1) is 0 Å². The fourth-order valence-electron chi connectivity index (χ4n) is 5.62. The number of carbonyl (C=O) groups excluding carboxylic acids is 1. The van der Waals surface area contributed by atoms with Crippen LogP contribution in [0.15, 0.2) is 54.6 Å². The molecule has 39 heavy (non-hydrogen) atoms. The number of amides is 1. The number of hydroxylamine groups is 1. The molecule has 2 aliphatic rings. The van der Waals surface area contributed by atoms with Crippen LogP contribution in [0.4, 0.5) is 4.79 Å². The minimum absolute atomic E-state index is 0.347. The molecule has 0 bridgehead atoms. The summed E-state index contributed by atoms with van der Waals surface area (Å²) in [5.41, 5.74) is 6.52. The molecule has 9 nitrogen and oxygen atoms in total. The highest BCUT2D eigenvalue weighted by molar-refractivity contribution is 6.30. The monoisotopic (exact) mass is 546 g/mol. The van der Waals surface area contributed by atoms with E-state index in [-0.39, 0.29) is 0 Å². The van der Waals surface area contributed by atoms with Gasteiger partial charge in [0, 0.05) is 24.2 Å². The van der Waals surface area contributed by atoms with Crippen molar-refractivity contribution in [1.82, 2.24) is 30.3 Å². The summed E-state index contributed by atoms with van der Waals surface area (Å²) in [4.78, 5) is 31.5. The highest BCUT2D eigenvalue weighted by atomic mass is 35.5. The van der Waals surface area contributed by atoms with E-state index in [4.69, 9.17) is 36.1 Å². The molecule has 0 radical (unpaired) electrons. The van der Waals surface area contributed by atoms with Crippen molar-refractivity contribution in [3.05, 3.63) is 76.8 Å². The lowest BCUT2D eigenvalue weighted by atomic mass is 9.83. The molecule has 3 heterocycles. The summed E-state index contributed by atoms with van der Waals surface area (Å²) < 4.78 is 8.31. The number of fused-ring (bicyclic) bond motifs is 1. The van der Waals surface area contributed by atoms with Gasteiger partial charge in [-0.15, -0.1) is 5.48 Å². The zero-order chi connectivity index (χ0) is 26.9. The largest absolute Gasteiger partial charge is 0.427 e. The maximum atomic E-state index is 11.8. The number of aromatic nitrogens is 4. The van der Waals surface area contributed by atoms with E-state index in [2.05, 4.69) is 22.3 Å². The Morgan fingerprint density at radius 3 is 2.56 bits per heavy atom. The van der Waals surface area contributed by atoms with Crippen LogP contribution < -0.4 is 10.8 Å². The fourth-order valence-corrected chi connectivity index (χ4v) is 5.81. The quantitative estimate of drug-likeness (QED) is 0.295. The lowest BCUT2D eigenvalue weighted by Gasteiger charge is -2.28. The number of hydrogen-bond donors (Lipinski definition) is 2. The van der Waals surface area contributed by atoms with E-state index < -0.39 is 18.4 Å². The van der Waals surface area contributed by atoms with Crippen molar-refractivity contribution in [2.75, 3.05) is 7.11 Å². The number of ether oxygens (including phenoxy) is 1. The molecule has 4 aromatic rings. The van der Waals surface area contributed by atoms with Crippen molar-refractivity contribution in [3.63, 3.8) is 0 Å². The molecule has 1 aliphatic heterocycles. The minimum Gasteiger partial charge on any atom is -0.369 e. The van der Waals surface area contributed by atoms with Crippen LogP contribution in [0.1, 0.15) is 62.1 Å². The van der Waals surface area contributed by atoms with E-state index >= 15 is 0 Å². The maximum Gasteiger partial charge on any atom is 0.427 e. The van der Waals surface area contributed by atoms with Crippen molar-refractivity contribution in [2.45, 2.75) is 51.4 Å². The number of nitrogens with zero attached hydrogens (tertiary/aromatic N) is 4. The summed E-state index contributed by atoms with van der Waals surface area (Å²) in [5, 5.41) is 3.29. The third kappa shape index (κ3) is 5.22. The molecule has 1 saturated carbocycles. The molecule has 0 spiro atoms. The number of rotatable bonds is 7. The molecular formula is C29H31ClN6O3. The van der Waals surface area contributed by atoms with Crippen molar-refractivity contribution < 1.29 is 14.4 Å². The molecule has 2 fully saturated rings. The van der Waals surface area contributed by atoms with Crippen LogP contribution in [-0.4, -0.2) is 32.7 Å². The summed E-state index contributed by atoms with van der Waals surface area (Å²) in [5.74, 6) is 2.37. The zero-order valence-corrected chi connectivity index (χ0v) is 22.7. The van der Waals surface area contributed by atoms with Crippen LogP contribution >= 0.6 is 11.6 Å². The SMILES string of the molecule is COC(c1ccccc1)c1nc2nc(C3NOC(=O)N3)nc(-c3cccc(Cl)c3)c2n1CC1CCC(C)CC1. The van der Waals surface area contributed by atoms with Gasteiger partial charge in [-0.25, -0.2) is 19.7 Å². The zero-order valence-electron chi connectivity index (χ0n) is 21.9. The van der Waals surface area contributed by atoms with E-state index in [1.807, 2.05) is 54.6 Å². The predicted octanol–water partition coefficient (Wildman–Crippen LogP) is 5.95. The second-order valence-corrected chi connectivity index (χ2v) is 10.9. The molecule has 2 unspecified atom stereocenters. The molecule has 10 heteroatoms. The number of hydrogen-bond acceptors (Lipinski definition) is 7. The molecule has 202 valence electrons. The highest BCUT2D eigenvalue weighted by Crippen LogP contribution is 2.37. The van der Waals surface area contributed by atoms with Crippen molar-refractivity contribution in [1.29, 1.82) is 0 Å². The van der Waals surface area contributed by atoms with Gasteiger partial charge in [-0.1, -0.05) is 73.8 Å². The normalized spacial score (nSPS) is 22.0. The lowest BCUT2D eigenvalue weighted by Crippen LogP contribution is -2.25. The number of imidazole rings is 1. The first kappa shape index (κ1) is 25.7.